The molecule has 0 spiro atoms. The summed E-state index contributed by atoms with van der Waals surface area (Å²) in [4.78, 5) is 5.63. The van der Waals surface area contributed by atoms with Gasteiger partial charge in [-0.1, -0.05) is 170 Å². The molecule has 0 saturated heterocycles. The minimum Gasteiger partial charge on any atom is -0.309 e. The van der Waals surface area contributed by atoms with E-state index in [0.29, 0.717) is 27.9 Å². The first-order valence-corrected chi connectivity index (χ1v) is 23.6. The quantitative estimate of drug-likeness (QED) is 0.164. The van der Waals surface area contributed by atoms with Gasteiger partial charge in [0.05, 0.1) is 55.3 Å². The van der Waals surface area contributed by atoms with Gasteiger partial charge in [-0.15, -0.1) is 0 Å². The van der Waals surface area contributed by atoms with Crippen molar-refractivity contribution in [3.63, 3.8) is 0 Å². The van der Waals surface area contributed by atoms with E-state index in [1.54, 1.807) is 0 Å². The van der Waals surface area contributed by atoms with Gasteiger partial charge in [-0.05, 0) is 95.5 Å². The average Bonchev–Trinajstić information content (AvgIpc) is 4.21. The lowest BCUT2D eigenvalue weighted by Crippen LogP contribution is -2.06. The zero-order chi connectivity index (χ0) is 49.3. The molecule has 10 aromatic carbocycles. The van der Waals surface area contributed by atoms with Crippen LogP contribution in [0.5, 0.6) is 0 Å². The van der Waals surface area contributed by atoms with E-state index in [9.17, 15) is 2.74 Å². The summed E-state index contributed by atoms with van der Waals surface area (Å²) in [6.07, 6.45) is 0. The van der Waals surface area contributed by atoms with Crippen molar-refractivity contribution in [2.24, 2.45) is 0 Å². The molecule has 5 heteroatoms. The van der Waals surface area contributed by atoms with Crippen molar-refractivity contribution in [3.05, 3.63) is 249 Å². The molecule has 5 nitrogen and oxygen atoms in total. The number of hydrogen-bond acceptors (Lipinski definition) is 1. The highest BCUT2D eigenvalue weighted by Gasteiger charge is 2.24. The van der Waals surface area contributed by atoms with E-state index >= 15 is 0 Å². The molecule has 0 aliphatic carbocycles. The van der Waals surface area contributed by atoms with Crippen LogP contribution in [-0.2, 0) is 0 Å². The lowest BCUT2D eigenvalue weighted by Gasteiger charge is -2.21. The van der Waals surface area contributed by atoms with E-state index in [4.69, 9.17) is 7.73 Å². The van der Waals surface area contributed by atoms with Crippen LogP contribution in [-0.4, -0.2) is 23.3 Å². The summed E-state index contributed by atoms with van der Waals surface area (Å²) in [6.45, 7) is 0. The molecule has 15 rings (SSSR count). The Hall–Kier alpha value is -9.45. The highest BCUT2D eigenvalue weighted by atomic mass is 15.1. The van der Waals surface area contributed by atoms with Crippen molar-refractivity contribution in [3.8, 4) is 45.3 Å². The van der Waals surface area contributed by atoms with Gasteiger partial charge in [0.25, 0.3) is 0 Å². The molecule has 0 radical (unpaired) electrons. The molecule has 0 aliphatic rings. The largest absolute Gasteiger partial charge is 0.309 e. The van der Waals surface area contributed by atoms with E-state index < -0.39 is 0 Å². The monoisotopic (exact) mass is 895 g/mol. The second kappa shape index (κ2) is 15.0. The zero-order valence-corrected chi connectivity index (χ0v) is 37.6. The van der Waals surface area contributed by atoms with Gasteiger partial charge < -0.3 is 9.13 Å². The van der Waals surface area contributed by atoms with Crippen LogP contribution in [0, 0.1) is 0 Å². The smallest absolute Gasteiger partial charge is 0.140 e. The van der Waals surface area contributed by atoms with Crippen molar-refractivity contribution in [1.82, 2.24) is 23.3 Å². The van der Waals surface area contributed by atoms with E-state index in [1.165, 1.54) is 10.8 Å². The van der Waals surface area contributed by atoms with Crippen LogP contribution in [0.15, 0.2) is 249 Å². The predicted octanol–water partition coefficient (Wildman–Crippen LogP) is 16.8. The molecule has 0 amide bonds. The third-order valence-electron chi connectivity index (χ3n) is 14.3. The third kappa shape index (κ3) is 5.57. The topological polar surface area (TPSA) is 32.6 Å². The Bertz CT molecular complexity index is 4700. The normalized spacial score (nSPS) is 12.8. The molecule has 5 aromatic heterocycles. The van der Waals surface area contributed by atoms with Crippen LogP contribution in [0.1, 0.15) is 5.48 Å². The molecule has 5 heterocycles. The van der Waals surface area contributed by atoms with Gasteiger partial charge >= 0.3 is 0 Å². The second-order valence-corrected chi connectivity index (χ2v) is 18.0. The van der Waals surface area contributed by atoms with Crippen LogP contribution in [0.4, 0.5) is 0 Å². The van der Waals surface area contributed by atoms with Crippen molar-refractivity contribution in [2.75, 3.05) is 0 Å². The number of rotatable bonds is 6. The van der Waals surface area contributed by atoms with E-state index in [2.05, 4.69) is 214 Å². The fraction of sp³-hybridized carbons (Fsp3) is 0. The molecular weight excluding hydrogens is 851 g/mol. The molecule has 0 atom stereocenters. The number of benzene rings is 10. The Kier molecular flexibility index (Phi) is 7.47. The number of aromatic nitrogens is 5. The summed E-state index contributed by atoms with van der Waals surface area (Å²) in [5.74, 6) is 1.17. The number of hydrogen-bond donors (Lipinski definition) is 0. The highest BCUT2D eigenvalue weighted by molar-refractivity contribution is 6.13. The van der Waals surface area contributed by atoms with Crippen molar-refractivity contribution in [2.45, 2.75) is 0 Å². The molecule has 0 unspecified atom stereocenters. The number of fused-ring (bicyclic) bond motifs is 12. The molecule has 0 bridgehead atoms. The molecule has 0 aliphatic heterocycles. The maximum atomic E-state index is 9.53. The summed E-state index contributed by atoms with van der Waals surface area (Å²) >= 11 is 0. The zero-order valence-electron chi connectivity index (χ0n) is 41.6. The maximum absolute atomic E-state index is 9.53. The first kappa shape index (κ1) is 34.8. The van der Waals surface area contributed by atoms with Crippen molar-refractivity contribution < 1.29 is 5.48 Å². The number of nitrogens with zero attached hydrogens (tertiary/aromatic N) is 5. The molecule has 70 heavy (non-hydrogen) atoms. The Morgan fingerprint density at radius 3 is 1.20 bits per heavy atom. The fourth-order valence-corrected chi connectivity index (χ4v) is 11.4. The lowest BCUT2D eigenvalue weighted by atomic mass is 9.92. The Balaban J connectivity index is 1.10. The van der Waals surface area contributed by atoms with Gasteiger partial charge in [-0.2, -0.15) is 0 Å². The predicted molar refractivity (Wildman–Crippen MR) is 292 cm³/mol. The van der Waals surface area contributed by atoms with Crippen LogP contribution < -0.4 is 0 Å². The van der Waals surface area contributed by atoms with Crippen LogP contribution in [0.3, 0.4) is 0 Å². The standard InChI is InChI=1S/C65H41N5/c1-9-30-54-46(21-1)47-22-2-10-31-55(47)67(54)44-20-17-19-42(39-44)45-29-18-38-62(68-56-32-11-3-23-48(56)49-24-4-12-33-57(49)68)65(45)43-40-63(69-58-34-13-5-25-50(58)51-26-6-14-35-59(51)69)66-64(41-43)70-60-36-15-7-27-52(60)53-28-8-16-37-61(53)70/h1-41H/i5D,13D,25D,34D. The van der Waals surface area contributed by atoms with Gasteiger partial charge in [0.2, 0.25) is 0 Å². The van der Waals surface area contributed by atoms with Crippen molar-refractivity contribution in [1.29, 1.82) is 0 Å². The fourth-order valence-electron chi connectivity index (χ4n) is 11.4. The van der Waals surface area contributed by atoms with Gasteiger partial charge in [0.1, 0.15) is 11.6 Å². The summed E-state index contributed by atoms with van der Waals surface area (Å²) in [6, 6.07) is 78.0. The SMILES string of the molecule is [2H]c1c([2H])c([2H])c2c(c1[2H])c1ccccc1n2-c1cc(-c2c(-c3cccc(-n4c5ccccc5c5ccccc54)c3)cccc2-n2c3ccccc3c3ccccc32)cc(-n2c3ccccc3c3ccccc32)n1. The Labute approximate surface area is 408 Å². The number of pyridine rings is 1. The molecular formula is C65H41N5. The summed E-state index contributed by atoms with van der Waals surface area (Å²) in [5, 5.41) is 8.03. The minimum atomic E-state index is -0.299. The maximum Gasteiger partial charge on any atom is 0.140 e. The average molecular weight is 896 g/mol. The molecule has 0 N–H and O–H groups in total. The lowest BCUT2D eigenvalue weighted by molar-refractivity contribution is 1.01. The Morgan fingerprint density at radius 2 is 0.700 bits per heavy atom. The van der Waals surface area contributed by atoms with Gasteiger partial charge in [-0.3, -0.25) is 9.13 Å². The molecule has 326 valence electrons. The minimum absolute atomic E-state index is 0.0862. The highest BCUT2D eigenvalue weighted by Crippen LogP contribution is 2.44. The summed E-state index contributed by atoms with van der Waals surface area (Å²) < 4.78 is 45.5. The van der Waals surface area contributed by atoms with Gasteiger partial charge in [0.15, 0.2) is 0 Å². The van der Waals surface area contributed by atoms with E-state index in [-0.39, 0.29) is 24.2 Å². The van der Waals surface area contributed by atoms with Crippen molar-refractivity contribution >= 4 is 87.2 Å². The van der Waals surface area contributed by atoms with Gasteiger partial charge in [0, 0.05) is 54.3 Å². The van der Waals surface area contributed by atoms with E-state index in [1.807, 2.05) is 28.8 Å². The number of para-hydroxylation sites is 8. The first-order valence-electron chi connectivity index (χ1n) is 25.6. The first-order chi connectivity index (χ1) is 36.4. The molecule has 15 aromatic rings. The van der Waals surface area contributed by atoms with Crippen LogP contribution >= 0.6 is 0 Å². The molecule has 0 fully saturated rings. The summed E-state index contributed by atoms with van der Waals surface area (Å²) in [7, 11) is 0. The molecule has 0 saturated carbocycles. The second-order valence-electron chi connectivity index (χ2n) is 18.0. The van der Waals surface area contributed by atoms with Crippen LogP contribution in [0.25, 0.3) is 132 Å². The van der Waals surface area contributed by atoms with Gasteiger partial charge in [-0.25, -0.2) is 4.98 Å². The van der Waals surface area contributed by atoms with E-state index in [0.717, 1.165) is 93.8 Å². The summed E-state index contributed by atoms with van der Waals surface area (Å²) in [5.41, 5.74) is 13.3. The van der Waals surface area contributed by atoms with Crippen LogP contribution in [0.2, 0.25) is 0 Å². The Morgan fingerprint density at radius 1 is 0.300 bits per heavy atom. The third-order valence-corrected chi connectivity index (χ3v) is 14.3.